The van der Waals surface area contributed by atoms with Crippen molar-refractivity contribution in [1.82, 2.24) is 0 Å². The van der Waals surface area contributed by atoms with Crippen LogP contribution in [0.3, 0.4) is 0 Å². The highest BCUT2D eigenvalue weighted by Gasteiger charge is 2.24. The van der Waals surface area contributed by atoms with Crippen molar-refractivity contribution >= 4 is 11.6 Å². The first kappa shape index (κ1) is 13.3. The lowest BCUT2D eigenvalue weighted by Crippen LogP contribution is -1.88. The number of halogens is 1. The average Bonchev–Trinajstić information content (AvgIpc) is 2.85. The predicted octanol–water partition coefficient (Wildman–Crippen LogP) is 4.11. The van der Waals surface area contributed by atoms with Crippen molar-refractivity contribution in [3.05, 3.63) is 54.3 Å². The molecule has 1 aliphatic heterocycles. The van der Waals surface area contributed by atoms with Crippen LogP contribution < -0.4 is 5.32 Å². The van der Waals surface area contributed by atoms with Crippen LogP contribution in [0.4, 0.5) is 10.3 Å². The van der Waals surface area contributed by atoms with Crippen molar-refractivity contribution in [3.63, 3.8) is 0 Å². The number of furan rings is 1. The number of aromatic hydroxyl groups is 1. The summed E-state index contributed by atoms with van der Waals surface area (Å²) in [7, 11) is 1.67. The molecule has 2 aromatic rings. The van der Waals surface area contributed by atoms with Gasteiger partial charge >= 0.3 is 0 Å². The van der Waals surface area contributed by atoms with Gasteiger partial charge < -0.3 is 19.6 Å². The second-order valence-corrected chi connectivity index (χ2v) is 4.54. The molecule has 5 heteroatoms. The third-order valence-corrected chi connectivity index (χ3v) is 3.18. The minimum Gasteiger partial charge on any atom is -0.504 e. The number of hydrogen-bond donors (Lipinski definition) is 2. The lowest BCUT2D eigenvalue weighted by atomic mass is 10.1. The molecule has 0 aliphatic carbocycles. The Morgan fingerprint density at radius 2 is 2.19 bits per heavy atom. The molecule has 108 valence electrons. The number of allylic oxidation sites excluding steroid dienone is 2. The normalized spacial score (nSPS) is 13.7. The molecule has 3 rings (SSSR count). The number of nitrogens with one attached hydrogen (secondary N) is 1. The molecule has 2 heterocycles. The molecule has 0 unspecified atom stereocenters. The topological polar surface area (TPSA) is 54.6 Å². The number of ether oxygens (including phenoxy) is 1. The quantitative estimate of drug-likeness (QED) is 0.892. The highest BCUT2D eigenvalue weighted by atomic mass is 19.1. The lowest BCUT2D eigenvalue weighted by molar-refractivity contribution is 0.387. The molecule has 0 bridgehead atoms. The Morgan fingerprint density at radius 3 is 2.86 bits per heavy atom. The molecule has 0 saturated heterocycles. The maximum atomic E-state index is 13.4. The van der Waals surface area contributed by atoms with E-state index in [1.54, 1.807) is 25.3 Å². The molecule has 0 radical (unpaired) electrons. The van der Waals surface area contributed by atoms with Gasteiger partial charge in [0.1, 0.15) is 5.82 Å². The number of anilines is 1. The number of hydrogen-bond acceptors (Lipinski definition) is 4. The van der Waals surface area contributed by atoms with Crippen LogP contribution in [0.15, 0.2) is 47.1 Å². The minimum absolute atomic E-state index is 0.0773. The van der Waals surface area contributed by atoms with Crippen LogP contribution in [-0.2, 0) is 4.74 Å². The summed E-state index contributed by atoms with van der Waals surface area (Å²) in [6.45, 7) is 0. The van der Waals surface area contributed by atoms with Crippen molar-refractivity contribution in [2.45, 2.75) is 6.42 Å². The Kier molecular flexibility index (Phi) is 3.39. The predicted molar refractivity (Wildman–Crippen MR) is 78.1 cm³/mol. The van der Waals surface area contributed by atoms with Crippen LogP contribution in [0.5, 0.6) is 5.75 Å². The zero-order chi connectivity index (χ0) is 14.8. The SMILES string of the molecule is CNc1oc(C2=CCC=CO2)c(O)c1-c1cccc(F)c1. The first-order chi connectivity index (χ1) is 10.2. The number of benzene rings is 1. The van der Waals surface area contributed by atoms with Gasteiger partial charge in [0.15, 0.2) is 11.5 Å². The second-order valence-electron chi connectivity index (χ2n) is 4.54. The molecule has 0 spiro atoms. The molecule has 1 aromatic heterocycles. The van der Waals surface area contributed by atoms with Crippen LogP contribution in [-0.4, -0.2) is 12.2 Å². The minimum atomic E-state index is -0.382. The van der Waals surface area contributed by atoms with E-state index in [2.05, 4.69) is 5.32 Å². The molecule has 1 aliphatic rings. The second kappa shape index (κ2) is 5.36. The molecule has 0 fully saturated rings. The maximum absolute atomic E-state index is 13.4. The fraction of sp³-hybridized carbons (Fsp3) is 0.125. The molecule has 0 saturated carbocycles. The summed E-state index contributed by atoms with van der Waals surface area (Å²) < 4.78 is 24.4. The highest BCUT2D eigenvalue weighted by molar-refractivity contribution is 5.85. The van der Waals surface area contributed by atoms with Gasteiger partial charge in [0.2, 0.25) is 11.6 Å². The van der Waals surface area contributed by atoms with Crippen molar-refractivity contribution in [2.75, 3.05) is 12.4 Å². The van der Waals surface area contributed by atoms with Crippen LogP contribution >= 0.6 is 0 Å². The van der Waals surface area contributed by atoms with Gasteiger partial charge in [-0.3, -0.25) is 0 Å². The summed E-state index contributed by atoms with van der Waals surface area (Å²) in [6, 6.07) is 5.97. The molecular formula is C16H14FNO3. The molecule has 0 amide bonds. The Morgan fingerprint density at radius 1 is 1.33 bits per heavy atom. The van der Waals surface area contributed by atoms with Gasteiger partial charge in [-0.25, -0.2) is 4.39 Å². The number of rotatable bonds is 3. The lowest BCUT2D eigenvalue weighted by Gasteiger charge is -2.07. The van der Waals surface area contributed by atoms with Crippen LogP contribution in [0.2, 0.25) is 0 Å². The van der Waals surface area contributed by atoms with Gasteiger partial charge in [0, 0.05) is 7.05 Å². The fourth-order valence-corrected chi connectivity index (χ4v) is 2.22. The van der Waals surface area contributed by atoms with Crippen LogP contribution in [0.25, 0.3) is 16.9 Å². The van der Waals surface area contributed by atoms with E-state index in [9.17, 15) is 9.50 Å². The van der Waals surface area contributed by atoms with Gasteiger partial charge in [-0.1, -0.05) is 12.1 Å². The highest BCUT2D eigenvalue weighted by Crippen LogP contribution is 2.44. The van der Waals surface area contributed by atoms with E-state index < -0.39 is 0 Å². The third-order valence-electron chi connectivity index (χ3n) is 3.18. The largest absolute Gasteiger partial charge is 0.504 e. The summed E-state index contributed by atoms with van der Waals surface area (Å²) in [5.41, 5.74) is 0.935. The van der Waals surface area contributed by atoms with Crippen molar-refractivity contribution in [3.8, 4) is 16.9 Å². The van der Waals surface area contributed by atoms with E-state index in [1.807, 2.05) is 6.08 Å². The monoisotopic (exact) mass is 287 g/mol. The molecule has 2 N–H and O–H groups in total. The van der Waals surface area contributed by atoms with E-state index in [0.29, 0.717) is 29.2 Å². The maximum Gasteiger partial charge on any atom is 0.213 e. The summed E-state index contributed by atoms with van der Waals surface area (Å²) in [5.74, 6) is 0.559. The Hall–Kier alpha value is -2.69. The van der Waals surface area contributed by atoms with Crippen LogP contribution in [0, 0.1) is 5.82 Å². The van der Waals surface area contributed by atoms with Gasteiger partial charge in [-0.05, 0) is 36.3 Å². The zero-order valence-corrected chi connectivity index (χ0v) is 11.4. The molecule has 1 aromatic carbocycles. The van der Waals surface area contributed by atoms with Gasteiger partial charge in [-0.2, -0.15) is 0 Å². The van der Waals surface area contributed by atoms with E-state index in [0.717, 1.165) is 0 Å². The average molecular weight is 287 g/mol. The zero-order valence-electron chi connectivity index (χ0n) is 11.4. The summed E-state index contributed by atoms with van der Waals surface area (Å²) in [5, 5.41) is 13.3. The van der Waals surface area contributed by atoms with Crippen LogP contribution in [0.1, 0.15) is 12.2 Å². The van der Waals surface area contributed by atoms with E-state index in [-0.39, 0.29) is 17.3 Å². The summed E-state index contributed by atoms with van der Waals surface area (Å²) in [6.07, 6.45) is 5.88. The Balaban J connectivity index is 2.12. The first-order valence-electron chi connectivity index (χ1n) is 6.52. The third kappa shape index (κ3) is 2.38. The van der Waals surface area contributed by atoms with Gasteiger partial charge in [0.05, 0.1) is 11.8 Å². The van der Waals surface area contributed by atoms with Gasteiger partial charge in [0.25, 0.3) is 0 Å². The van der Waals surface area contributed by atoms with Gasteiger partial charge in [-0.15, -0.1) is 0 Å². The Labute approximate surface area is 121 Å². The fourth-order valence-electron chi connectivity index (χ4n) is 2.22. The molecular weight excluding hydrogens is 273 g/mol. The standard InChI is InChI=1S/C16H14FNO3/c1-18-16-13(10-5-4-6-11(17)9-10)14(19)15(21-16)12-7-2-3-8-20-12/h3-9,18-19H,2H2,1H3. The Bertz CT molecular complexity index is 731. The first-order valence-corrected chi connectivity index (χ1v) is 6.52. The summed E-state index contributed by atoms with van der Waals surface area (Å²) >= 11 is 0. The van der Waals surface area contributed by atoms with E-state index >= 15 is 0 Å². The summed E-state index contributed by atoms with van der Waals surface area (Å²) in [4.78, 5) is 0. The van der Waals surface area contributed by atoms with E-state index in [4.69, 9.17) is 9.15 Å². The van der Waals surface area contributed by atoms with Crippen molar-refractivity contribution < 1.29 is 18.7 Å². The molecule has 4 nitrogen and oxygen atoms in total. The molecule has 21 heavy (non-hydrogen) atoms. The van der Waals surface area contributed by atoms with Crippen molar-refractivity contribution in [2.24, 2.45) is 0 Å². The molecule has 0 atom stereocenters. The van der Waals surface area contributed by atoms with Crippen molar-refractivity contribution in [1.29, 1.82) is 0 Å². The van der Waals surface area contributed by atoms with E-state index in [1.165, 1.54) is 18.4 Å². The smallest absolute Gasteiger partial charge is 0.213 e.